The molecule has 0 aromatic rings. The minimum absolute atomic E-state index is 0.370. The second-order valence-electron chi connectivity index (χ2n) is 9.63. The summed E-state index contributed by atoms with van der Waals surface area (Å²) >= 11 is 0. The zero-order valence-corrected chi connectivity index (χ0v) is 14.9. The third-order valence-corrected chi connectivity index (χ3v) is 8.61. The topological polar surface area (TPSA) is 20.3 Å². The van der Waals surface area contributed by atoms with E-state index < -0.39 is 0 Å². The molecule has 0 radical (unpaired) electrons. The Labute approximate surface area is 136 Å². The van der Waals surface area contributed by atoms with Crippen molar-refractivity contribution in [1.82, 2.24) is 4.90 Å². The molecule has 4 fully saturated rings. The first-order valence-corrected chi connectivity index (χ1v) is 9.62. The largest absolute Gasteiger partial charge is 0.342 e. The summed E-state index contributed by atoms with van der Waals surface area (Å²) < 4.78 is 0. The summed E-state index contributed by atoms with van der Waals surface area (Å²) in [6, 6.07) is 0.487. The molecule has 4 rings (SSSR count). The molecule has 124 valence electrons. The van der Waals surface area contributed by atoms with Crippen molar-refractivity contribution in [1.29, 1.82) is 0 Å². The predicted molar refractivity (Wildman–Crippen MR) is 89.3 cm³/mol. The van der Waals surface area contributed by atoms with Gasteiger partial charge in [0.05, 0.1) is 0 Å². The van der Waals surface area contributed by atoms with E-state index in [0.717, 1.165) is 30.6 Å². The molecule has 2 nitrogen and oxygen atoms in total. The molecular weight excluding hydrogens is 270 g/mol. The first-order valence-electron chi connectivity index (χ1n) is 9.62. The minimum Gasteiger partial charge on any atom is -0.342 e. The molecule has 3 aliphatic carbocycles. The molecule has 0 N–H and O–H groups in total. The van der Waals surface area contributed by atoms with Crippen molar-refractivity contribution in [3.05, 3.63) is 0 Å². The highest BCUT2D eigenvalue weighted by atomic mass is 16.2. The molecule has 0 aromatic carbocycles. The molecule has 2 unspecified atom stereocenters. The zero-order chi connectivity index (χ0) is 15.7. The van der Waals surface area contributed by atoms with Crippen LogP contribution in [-0.2, 0) is 4.79 Å². The van der Waals surface area contributed by atoms with Crippen molar-refractivity contribution in [2.45, 2.75) is 78.2 Å². The Kier molecular flexibility index (Phi) is 3.24. The summed E-state index contributed by atoms with van der Waals surface area (Å²) in [4.78, 5) is 14.4. The van der Waals surface area contributed by atoms with Gasteiger partial charge in [0.15, 0.2) is 0 Å². The quantitative estimate of drug-likeness (QED) is 0.646. The third kappa shape index (κ3) is 1.82. The van der Waals surface area contributed by atoms with Gasteiger partial charge in [-0.2, -0.15) is 0 Å². The molecule has 0 bridgehead atoms. The SMILES string of the molecule is CC1C[C@@H]2[C@@H](CC[C@]3(C)CCC[C@@H]23)[C@@]2(C)CCC(=O)N(C)C12. The van der Waals surface area contributed by atoms with Crippen LogP contribution in [-0.4, -0.2) is 23.9 Å². The molecule has 3 saturated carbocycles. The van der Waals surface area contributed by atoms with Crippen LogP contribution in [0.5, 0.6) is 0 Å². The van der Waals surface area contributed by atoms with Crippen LogP contribution in [0.25, 0.3) is 0 Å². The highest BCUT2D eigenvalue weighted by Gasteiger charge is 2.60. The summed E-state index contributed by atoms with van der Waals surface area (Å²) in [5.41, 5.74) is 1.01. The van der Waals surface area contributed by atoms with E-state index in [2.05, 4.69) is 32.7 Å². The standard InChI is InChI=1S/C20H33NO/c1-13-12-14-15-6-5-9-19(15,2)10-7-16(14)20(3)11-8-17(22)21(4)18(13)20/h13-16,18H,5-12H2,1-4H3/t13?,14-,15-,16+,18?,19-,20+/m0/s1. The molecule has 22 heavy (non-hydrogen) atoms. The first-order chi connectivity index (χ1) is 10.4. The maximum atomic E-state index is 12.3. The Hall–Kier alpha value is -0.530. The fourth-order valence-corrected chi connectivity index (χ4v) is 7.72. The van der Waals surface area contributed by atoms with Gasteiger partial charge < -0.3 is 4.90 Å². The van der Waals surface area contributed by atoms with E-state index in [1.54, 1.807) is 0 Å². The van der Waals surface area contributed by atoms with Gasteiger partial charge in [-0.3, -0.25) is 4.79 Å². The normalized spacial score (nSPS) is 54.6. The van der Waals surface area contributed by atoms with Crippen molar-refractivity contribution >= 4 is 5.91 Å². The van der Waals surface area contributed by atoms with Gasteiger partial charge in [0.1, 0.15) is 0 Å². The first kappa shape index (κ1) is 15.0. The fraction of sp³-hybridized carbons (Fsp3) is 0.950. The Morgan fingerprint density at radius 1 is 1.09 bits per heavy atom. The smallest absolute Gasteiger partial charge is 0.222 e. The number of likely N-dealkylation sites (tertiary alicyclic amines) is 1. The van der Waals surface area contributed by atoms with E-state index >= 15 is 0 Å². The molecular formula is C20H33NO. The molecule has 2 heteroatoms. The van der Waals surface area contributed by atoms with E-state index in [0.29, 0.717) is 28.7 Å². The average Bonchev–Trinajstić information content (AvgIpc) is 2.85. The molecule has 1 amide bonds. The van der Waals surface area contributed by atoms with Crippen LogP contribution in [0.2, 0.25) is 0 Å². The Morgan fingerprint density at radius 2 is 1.86 bits per heavy atom. The number of hydrogen-bond donors (Lipinski definition) is 0. The summed E-state index contributed by atoms with van der Waals surface area (Å²) in [5.74, 6) is 3.81. The van der Waals surface area contributed by atoms with Gasteiger partial charge in [-0.25, -0.2) is 0 Å². The number of carbonyl (C=O) groups excluding carboxylic acids is 1. The van der Waals surface area contributed by atoms with Crippen molar-refractivity contribution in [3.8, 4) is 0 Å². The van der Waals surface area contributed by atoms with Gasteiger partial charge >= 0.3 is 0 Å². The van der Waals surface area contributed by atoms with E-state index in [-0.39, 0.29) is 0 Å². The van der Waals surface area contributed by atoms with Crippen LogP contribution < -0.4 is 0 Å². The lowest BCUT2D eigenvalue weighted by Crippen LogP contribution is -2.63. The number of nitrogens with zero attached hydrogens (tertiary/aromatic N) is 1. The Morgan fingerprint density at radius 3 is 2.64 bits per heavy atom. The van der Waals surface area contributed by atoms with E-state index in [1.165, 1.54) is 38.5 Å². The number of fused-ring (bicyclic) bond motifs is 5. The monoisotopic (exact) mass is 303 g/mol. The van der Waals surface area contributed by atoms with Crippen molar-refractivity contribution in [2.24, 2.45) is 34.5 Å². The van der Waals surface area contributed by atoms with Crippen molar-refractivity contribution in [3.63, 3.8) is 0 Å². The number of amides is 1. The second-order valence-corrected chi connectivity index (χ2v) is 9.63. The van der Waals surface area contributed by atoms with Crippen LogP contribution in [0, 0.1) is 34.5 Å². The van der Waals surface area contributed by atoms with Gasteiger partial charge in [0.25, 0.3) is 0 Å². The van der Waals surface area contributed by atoms with E-state index in [4.69, 9.17) is 0 Å². The highest BCUT2D eigenvalue weighted by Crippen LogP contribution is 2.65. The highest BCUT2D eigenvalue weighted by molar-refractivity contribution is 5.77. The maximum absolute atomic E-state index is 12.3. The summed E-state index contributed by atoms with van der Waals surface area (Å²) in [5, 5.41) is 0. The van der Waals surface area contributed by atoms with E-state index in [9.17, 15) is 4.79 Å². The Bertz CT molecular complexity index is 488. The molecule has 0 aromatic heterocycles. The van der Waals surface area contributed by atoms with Gasteiger partial charge in [-0.15, -0.1) is 0 Å². The predicted octanol–water partition coefficient (Wildman–Crippen LogP) is 4.49. The van der Waals surface area contributed by atoms with Gasteiger partial charge in [0, 0.05) is 19.5 Å². The number of rotatable bonds is 0. The van der Waals surface area contributed by atoms with Gasteiger partial charge in [-0.05, 0) is 73.0 Å². The third-order valence-electron chi connectivity index (χ3n) is 8.61. The molecule has 1 saturated heterocycles. The van der Waals surface area contributed by atoms with Crippen LogP contribution in [0.3, 0.4) is 0 Å². The number of piperidine rings is 1. The van der Waals surface area contributed by atoms with Crippen LogP contribution in [0.4, 0.5) is 0 Å². The lowest BCUT2D eigenvalue weighted by molar-refractivity contribution is -0.165. The lowest BCUT2D eigenvalue weighted by Gasteiger charge is -2.63. The van der Waals surface area contributed by atoms with Crippen LogP contribution in [0.1, 0.15) is 72.1 Å². The van der Waals surface area contributed by atoms with Crippen LogP contribution >= 0.6 is 0 Å². The molecule has 1 aliphatic heterocycles. The summed E-state index contributed by atoms with van der Waals surface area (Å²) in [6.45, 7) is 7.54. The maximum Gasteiger partial charge on any atom is 0.222 e. The summed E-state index contributed by atoms with van der Waals surface area (Å²) in [6.07, 6.45) is 10.5. The molecule has 7 atom stereocenters. The number of hydrogen-bond acceptors (Lipinski definition) is 1. The van der Waals surface area contributed by atoms with Crippen LogP contribution in [0.15, 0.2) is 0 Å². The molecule has 4 aliphatic rings. The van der Waals surface area contributed by atoms with Gasteiger partial charge in [0.2, 0.25) is 5.91 Å². The lowest BCUT2D eigenvalue weighted by atomic mass is 9.46. The Balaban J connectivity index is 1.70. The molecule has 1 heterocycles. The van der Waals surface area contributed by atoms with Crippen molar-refractivity contribution in [2.75, 3.05) is 7.05 Å². The minimum atomic E-state index is 0.370. The van der Waals surface area contributed by atoms with Gasteiger partial charge in [-0.1, -0.05) is 27.2 Å². The molecule has 0 spiro atoms. The second kappa shape index (κ2) is 4.74. The van der Waals surface area contributed by atoms with E-state index in [1.807, 2.05) is 0 Å². The average molecular weight is 303 g/mol. The van der Waals surface area contributed by atoms with Crippen molar-refractivity contribution < 1.29 is 4.79 Å². The number of carbonyl (C=O) groups is 1. The summed E-state index contributed by atoms with van der Waals surface area (Å²) in [7, 11) is 2.07. The zero-order valence-electron chi connectivity index (χ0n) is 14.9. The fourth-order valence-electron chi connectivity index (χ4n) is 7.72.